The first-order valence-electron chi connectivity index (χ1n) is 6.97. The highest BCUT2D eigenvalue weighted by molar-refractivity contribution is 5.94. The number of rotatable bonds is 5. The molecule has 110 valence electrons. The number of hydrogen-bond acceptors (Lipinski definition) is 4. The molecule has 0 aromatic carbocycles. The van der Waals surface area contributed by atoms with Crippen LogP contribution in [0.1, 0.15) is 44.0 Å². The zero-order chi connectivity index (χ0) is 14.8. The lowest BCUT2D eigenvalue weighted by Gasteiger charge is -2.22. The number of aliphatic hydroxyl groups excluding tert-OH is 1. The predicted octanol–water partition coefficient (Wildman–Crippen LogP) is 1.86. The Hall–Kier alpha value is -1.62. The number of hydrogen-bond donors (Lipinski definition) is 1. The zero-order valence-electron chi connectivity index (χ0n) is 12.3. The zero-order valence-corrected chi connectivity index (χ0v) is 12.3. The summed E-state index contributed by atoms with van der Waals surface area (Å²) >= 11 is 0. The Kier molecular flexibility index (Phi) is 4.28. The lowest BCUT2D eigenvalue weighted by Crippen LogP contribution is -2.35. The Morgan fingerprint density at radius 3 is 2.60 bits per heavy atom. The monoisotopic (exact) mass is 278 g/mol. The summed E-state index contributed by atoms with van der Waals surface area (Å²) in [4.78, 5) is 18.2. The summed E-state index contributed by atoms with van der Waals surface area (Å²) in [7, 11) is 0. The minimum Gasteiger partial charge on any atom is -0.472 e. The van der Waals surface area contributed by atoms with Gasteiger partial charge >= 0.3 is 0 Å². The molecule has 1 N–H and O–H groups in total. The first-order chi connectivity index (χ1) is 9.40. The lowest BCUT2D eigenvalue weighted by molar-refractivity contribution is 0.0707. The molecule has 1 aliphatic rings. The van der Waals surface area contributed by atoms with Gasteiger partial charge in [0.1, 0.15) is 5.60 Å². The molecule has 1 amide bonds. The second kappa shape index (κ2) is 5.79. The molecule has 5 nitrogen and oxygen atoms in total. The third-order valence-corrected chi connectivity index (χ3v) is 2.98. The van der Waals surface area contributed by atoms with Crippen LogP contribution in [0.5, 0.6) is 5.88 Å². The minimum atomic E-state index is -0.310. The van der Waals surface area contributed by atoms with Crippen LogP contribution in [0.2, 0.25) is 0 Å². The summed E-state index contributed by atoms with van der Waals surface area (Å²) in [6, 6.07) is 3.71. The quantitative estimate of drug-likeness (QED) is 0.893. The standard InChI is InChI=1S/C15H22N2O3/c1-15(2,3)20-13-7-4-11(10-16-13)14(19)17(8-9-18)12-5-6-12/h4,7,10,12,18H,5-6,8-9H2,1-3H3. The van der Waals surface area contributed by atoms with Crippen molar-refractivity contribution in [3.8, 4) is 5.88 Å². The summed E-state index contributed by atoms with van der Waals surface area (Å²) in [6.45, 7) is 6.21. The van der Waals surface area contributed by atoms with E-state index in [1.807, 2.05) is 20.8 Å². The maximum atomic E-state index is 12.3. The van der Waals surface area contributed by atoms with Gasteiger partial charge in [-0.2, -0.15) is 0 Å². The van der Waals surface area contributed by atoms with Gasteiger partial charge in [-0.25, -0.2) is 4.98 Å². The van der Waals surface area contributed by atoms with Crippen molar-refractivity contribution in [3.63, 3.8) is 0 Å². The van der Waals surface area contributed by atoms with Gasteiger partial charge in [0.15, 0.2) is 0 Å². The number of nitrogens with zero attached hydrogens (tertiary/aromatic N) is 2. The summed E-state index contributed by atoms with van der Waals surface area (Å²) in [6.07, 6.45) is 3.57. The molecule has 0 bridgehead atoms. The number of aromatic nitrogens is 1. The highest BCUT2D eigenvalue weighted by Crippen LogP contribution is 2.28. The van der Waals surface area contributed by atoms with E-state index in [0.717, 1.165) is 12.8 Å². The Morgan fingerprint density at radius 1 is 1.45 bits per heavy atom. The van der Waals surface area contributed by atoms with E-state index in [0.29, 0.717) is 18.0 Å². The van der Waals surface area contributed by atoms with Gasteiger partial charge in [-0.05, 0) is 39.7 Å². The van der Waals surface area contributed by atoms with Gasteiger partial charge in [-0.15, -0.1) is 0 Å². The Balaban J connectivity index is 2.06. The van der Waals surface area contributed by atoms with Crippen LogP contribution in [0.15, 0.2) is 18.3 Å². The van der Waals surface area contributed by atoms with Crippen LogP contribution >= 0.6 is 0 Å². The van der Waals surface area contributed by atoms with Crippen LogP contribution in [-0.4, -0.2) is 45.7 Å². The van der Waals surface area contributed by atoms with E-state index >= 15 is 0 Å². The Morgan fingerprint density at radius 2 is 2.15 bits per heavy atom. The van der Waals surface area contributed by atoms with E-state index in [1.54, 1.807) is 17.0 Å². The molecule has 5 heteroatoms. The molecule has 1 fully saturated rings. The molecule has 0 unspecified atom stereocenters. The molecule has 1 heterocycles. The highest BCUT2D eigenvalue weighted by Gasteiger charge is 2.32. The van der Waals surface area contributed by atoms with Crippen molar-refractivity contribution in [2.45, 2.75) is 45.3 Å². The summed E-state index contributed by atoms with van der Waals surface area (Å²) in [5.74, 6) is 0.436. The maximum Gasteiger partial charge on any atom is 0.255 e. The fraction of sp³-hybridized carbons (Fsp3) is 0.600. The first-order valence-corrected chi connectivity index (χ1v) is 6.97. The van der Waals surface area contributed by atoms with Crippen LogP contribution in [0.25, 0.3) is 0 Å². The number of pyridine rings is 1. The summed E-state index contributed by atoms with van der Waals surface area (Å²) in [5.41, 5.74) is 0.224. The van der Waals surface area contributed by atoms with E-state index in [1.165, 1.54) is 6.20 Å². The van der Waals surface area contributed by atoms with Crippen LogP contribution in [-0.2, 0) is 0 Å². The molecule has 1 aromatic heterocycles. The van der Waals surface area contributed by atoms with Crippen molar-refractivity contribution >= 4 is 5.91 Å². The van der Waals surface area contributed by atoms with Crippen LogP contribution < -0.4 is 4.74 Å². The molecule has 1 aromatic rings. The van der Waals surface area contributed by atoms with Crippen LogP contribution in [0, 0.1) is 0 Å². The van der Waals surface area contributed by atoms with Gasteiger partial charge < -0.3 is 14.7 Å². The normalized spacial score (nSPS) is 15.0. The smallest absolute Gasteiger partial charge is 0.255 e. The summed E-state index contributed by atoms with van der Waals surface area (Å²) in [5, 5.41) is 9.05. The molecule has 20 heavy (non-hydrogen) atoms. The Labute approximate surface area is 119 Å². The number of carbonyl (C=O) groups excluding carboxylic acids is 1. The van der Waals surface area contributed by atoms with Gasteiger partial charge in [0.25, 0.3) is 5.91 Å². The number of amides is 1. The molecule has 1 saturated carbocycles. The number of carbonyl (C=O) groups is 1. The molecule has 0 aliphatic heterocycles. The average Bonchev–Trinajstić information content (AvgIpc) is 3.18. The Bertz CT molecular complexity index is 461. The fourth-order valence-electron chi connectivity index (χ4n) is 1.99. The van der Waals surface area contributed by atoms with Gasteiger partial charge in [0.05, 0.1) is 12.2 Å². The molecule has 0 atom stereocenters. The van der Waals surface area contributed by atoms with E-state index in [9.17, 15) is 4.79 Å². The van der Waals surface area contributed by atoms with Crippen molar-refractivity contribution < 1.29 is 14.6 Å². The van der Waals surface area contributed by atoms with Gasteiger partial charge in [0, 0.05) is 24.8 Å². The van der Waals surface area contributed by atoms with Gasteiger partial charge in [-0.1, -0.05) is 0 Å². The second-order valence-corrected chi connectivity index (χ2v) is 6.05. The highest BCUT2D eigenvalue weighted by atomic mass is 16.5. The molecule has 0 spiro atoms. The van der Waals surface area contributed by atoms with E-state index in [4.69, 9.17) is 9.84 Å². The predicted molar refractivity (Wildman–Crippen MR) is 75.8 cm³/mol. The van der Waals surface area contributed by atoms with Crippen molar-refractivity contribution in [2.24, 2.45) is 0 Å². The summed E-state index contributed by atoms with van der Waals surface area (Å²) < 4.78 is 5.63. The van der Waals surface area contributed by atoms with Crippen molar-refractivity contribution in [1.29, 1.82) is 0 Å². The van der Waals surface area contributed by atoms with E-state index in [-0.39, 0.29) is 24.2 Å². The third kappa shape index (κ3) is 3.93. The SMILES string of the molecule is CC(C)(C)Oc1ccc(C(=O)N(CCO)C2CC2)cn1. The molecule has 0 radical (unpaired) electrons. The van der Waals surface area contributed by atoms with Gasteiger partial charge in [-0.3, -0.25) is 4.79 Å². The van der Waals surface area contributed by atoms with Gasteiger partial charge in [0.2, 0.25) is 5.88 Å². The largest absolute Gasteiger partial charge is 0.472 e. The number of aliphatic hydroxyl groups is 1. The second-order valence-electron chi connectivity index (χ2n) is 6.05. The van der Waals surface area contributed by atoms with Crippen molar-refractivity contribution in [3.05, 3.63) is 23.9 Å². The lowest BCUT2D eigenvalue weighted by atomic mass is 10.2. The average molecular weight is 278 g/mol. The molecule has 2 rings (SSSR count). The van der Waals surface area contributed by atoms with Crippen LogP contribution in [0.4, 0.5) is 0 Å². The van der Waals surface area contributed by atoms with Crippen molar-refractivity contribution in [2.75, 3.05) is 13.2 Å². The molecular weight excluding hydrogens is 256 g/mol. The third-order valence-electron chi connectivity index (χ3n) is 2.98. The molecular formula is C15H22N2O3. The minimum absolute atomic E-state index is 0.0130. The maximum absolute atomic E-state index is 12.3. The van der Waals surface area contributed by atoms with E-state index < -0.39 is 0 Å². The first kappa shape index (κ1) is 14.8. The molecule has 1 aliphatic carbocycles. The fourth-order valence-corrected chi connectivity index (χ4v) is 1.99. The van der Waals surface area contributed by atoms with Crippen molar-refractivity contribution in [1.82, 2.24) is 9.88 Å². The van der Waals surface area contributed by atoms with Crippen LogP contribution in [0.3, 0.4) is 0 Å². The topological polar surface area (TPSA) is 62.7 Å². The number of ether oxygens (including phenoxy) is 1. The van der Waals surface area contributed by atoms with E-state index in [2.05, 4.69) is 4.98 Å². The molecule has 0 saturated heterocycles.